The summed E-state index contributed by atoms with van der Waals surface area (Å²) in [5.41, 5.74) is 0.443. The first-order valence-electron chi connectivity index (χ1n) is 6.65. The van der Waals surface area contributed by atoms with Crippen molar-refractivity contribution in [2.45, 2.75) is 70.4 Å². The maximum absolute atomic E-state index is 3.60. The van der Waals surface area contributed by atoms with E-state index in [9.17, 15) is 0 Å². The Bertz CT molecular complexity index is 162. The molecule has 0 radical (unpaired) electrons. The van der Waals surface area contributed by atoms with Crippen molar-refractivity contribution in [2.75, 3.05) is 13.6 Å². The molecule has 1 aliphatic rings. The zero-order chi connectivity index (χ0) is 11.1. The average Bonchev–Trinajstić information content (AvgIpc) is 2.30. The Morgan fingerprint density at radius 3 is 2.40 bits per heavy atom. The third kappa shape index (κ3) is 4.12. The van der Waals surface area contributed by atoms with Crippen LogP contribution in [0, 0.1) is 0 Å². The summed E-state index contributed by atoms with van der Waals surface area (Å²) >= 11 is 0. The summed E-state index contributed by atoms with van der Waals surface area (Å²) in [6, 6.07) is 0.669. The van der Waals surface area contributed by atoms with Crippen LogP contribution < -0.4 is 10.6 Å². The van der Waals surface area contributed by atoms with E-state index in [1.165, 1.54) is 44.9 Å². The van der Waals surface area contributed by atoms with E-state index in [1.807, 2.05) is 0 Å². The lowest BCUT2D eigenvalue weighted by Crippen LogP contribution is -2.47. The minimum absolute atomic E-state index is 0.443. The molecule has 0 saturated heterocycles. The van der Waals surface area contributed by atoms with E-state index < -0.39 is 0 Å². The van der Waals surface area contributed by atoms with E-state index >= 15 is 0 Å². The molecule has 1 fully saturated rings. The van der Waals surface area contributed by atoms with Gasteiger partial charge in [-0.15, -0.1) is 0 Å². The molecule has 1 rings (SSSR count). The van der Waals surface area contributed by atoms with Crippen LogP contribution in [0.4, 0.5) is 0 Å². The standard InChI is InChI=1S/C13H28N2/c1-4-12(2)15-11-10-13(14-3)8-6-5-7-9-13/h12,14-15H,4-11H2,1-3H3. The van der Waals surface area contributed by atoms with E-state index in [2.05, 4.69) is 31.5 Å². The molecular formula is C13H28N2. The Morgan fingerprint density at radius 2 is 1.87 bits per heavy atom. The minimum Gasteiger partial charge on any atom is -0.314 e. The molecule has 0 aromatic heterocycles. The van der Waals surface area contributed by atoms with Crippen LogP contribution in [0.5, 0.6) is 0 Å². The first-order chi connectivity index (χ1) is 7.22. The molecule has 0 amide bonds. The quantitative estimate of drug-likeness (QED) is 0.707. The summed E-state index contributed by atoms with van der Waals surface area (Å²) in [5.74, 6) is 0. The highest BCUT2D eigenvalue weighted by Gasteiger charge is 2.29. The van der Waals surface area contributed by atoms with Gasteiger partial charge in [-0.25, -0.2) is 0 Å². The topological polar surface area (TPSA) is 24.1 Å². The van der Waals surface area contributed by atoms with Gasteiger partial charge < -0.3 is 10.6 Å². The van der Waals surface area contributed by atoms with Crippen LogP contribution in [0.1, 0.15) is 58.8 Å². The Hall–Kier alpha value is -0.0800. The number of nitrogens with one attached hydrogen (secondary N) is 2. The van der Waals surface area contributed by atoms with E-state index in [1.54, 1.807) is 0 Å². The molecule has 2 N–H and O–H groups in total. The zero-order valence-corrected chi connectivity index (χ0v) is 10.7. The fourth-order valence-electron chi connectivity index (χ4n) is 2.56. The smallest absolute Gasteiger partial charge is 0.0190 e. The molecule has 0 spiro atoms. The van der Waals surface area contributed by atoms with Gasteiger partial charge in [-0.3, -0.25) is 0 Å². The van der Waals surface area contributed by atoms with Gasteiger partial charge in [0.15, 0.2) is 0 Å². The van der Waals surface area contributed by atoms with Gasteiger partial charge in [0.25, 0.3) is 0 Å². The van der Waals surface area contributed by atoms with Crippen LogP contribution in [-0.4, -0.2) is 25.2 Å². The summed E-state index contributed by atoms with van der Waals surface area (Å²) in [7, 11) is 2.13. The van der Waals surface area contributed by atoms with Gasteiger partial charge in [-0.1, -0.05) is 26.2 Å². The molecule has 0 aromatic carbocycles. The molecule has 0 aliphatic heterocycles. The van der Waals surface area contributed by atoms with Gasteiger partial charge in [0, 0.05) is 11.6 Å². The molecule has 1 aliphatic carbocycles. The van der Waals surface area contributed by atoms with Gasteiger partial charge >= 0.3 is 0 Å². The van der Waals surface area contributed by atoms with E-state index in [-0.39, 0.29) is 0 Å². The zero-order valence-electron chi connectivity index (χ0n) is 10.7. The third-order valence-corrected chi connectivity index (χ3v) is 4.05. The van der Waals surface area contributed by atoms with Crippen molar-refractivity contribution in [3.8, 4) is 0 Å². The predicted octanol–water partition coefficient (Wildman–Crippen LogP) is 2.69. The molecule has 1 atom stereocenters. The van der Waals surface area contributed by atoms with E-state index in [4.69, 9.17) is 0 Å². The van der Waals surface area contributed by atoms with Gasteiger partial charge in [0.05, 0.1) is 0 Å². The van der Waals surface area contributed by atoms with Crippen molar-refractivity contribution < 1.29 is 0 Å². The molecule has 0 heterocycles. The molecule has 0 bridgehead atoms. The van der Waals surface area contributed by atoms with Gasteiger partial charge in [-0.05, 0) is 46.2 Å². The predicted molar refractivity (Wildman–Crippen MR) is 67.2 cm³/mol. The summed E-state index contributed by atoms with van der Waals surface area (Å²) in [5, 5.41) is 7.17. The highest BCUT2D eigenvalue weighted by atomic mass is 15.0. The molecule has 2 nitrogen and oxygen atoms in total. The van der Waals surface area contributed by atoms with Crippen molar-refractivity contribution in [2.24, 2.45) is 0 Å². The molecular weight excluding hydrogens is 184 g/mol. The van der Waals surface area contributed by atoms with Crippen molar-refractivity contribution in [1.82, 2.24) is 10.6 Å². The van der Waals surface area contributed by atoms with Crippen molar-refractivity contribution in [1.29, 1.82) is 0 Å². The Labute approximate surface area is 95.2 Å². The minimum atomic E-state index is 0.443. The van der Waals surface area contributed by atoms with E-state index in [0.29, 0.717) is 11.6 Å². The molecule has 2 heteroatoms. The third-order valence-electron chi connectivity index (χ3n) is 4.05. The van der Waals surface area contributed by atoms with Crippen molar-refractivity contribution >= 4 is 0 Å². The largest absolute Gasteiger partial charge is 0.314 e. The second-order valence-electron chi connectivity index (χ2n) is 5.10. The van der Waals surface area contributed by atoms with Gasteiger partial charge in [-0.2, -0.15) is 0 Å². The van der Waals surface area contributed by atoms with Crippen LogP contribution in [0.3, 0.4) is 0 Å². The number of hydrogen-bond acceptors (Lipinski definition) is 2. The molecule has 90 valence electrons. The highest BCUT2D eigenvalue weighted by Crippen LogP contribution is 2.30. The first-order valence-corrected chi connectivity index (χ1v) is 6.65. The monoisotopic (exact) mass is 212 g/mol. The number of rotatable bonds is 6. The molecule has 0 aromatic rings. The normalized spacial score (nSPS) is 22.6. The van der Waals surface area contributed by atoms with Crippen LogP contribution in [0.25, 0.3) is 0 Å². The fraction of sp³-hybridized carbons (Fsp3) is 1.00. The second kappa shape index (κ2) is 6.49. The highest BCUT2D eigenvalue weighted by molar-refractivity contribution is 4.90. The Morgan fingerprint density at radius 1 is 1.20 bits per heavy atom. The maximum Gasteiger partial charge on any atom is 0.0190 e. The van der Waals surface area contributed by atoms with Crippen molar-refractivity contribution in [3.05, 3.63) is 0 Å². The second-order valence-corrected chi connectivity index (χ2v) is 5.10. The fourth-order valence-corrected chi connectivity index (χ4v) is 2.56. The van der Waals surface area contributed by atoms with E-state index in [0.717, 1.165) is 6.54 Å². The Kier molecular flexibility index (Phi) is 5.62. The summed E-state index contributed by atoms with van der Waals surface area (Å²) in [4.78, 5) is 0. The first kappa shape index (κ1) is 13.0. The lowest BCUT2D eigenvalue weighted by molar-refractivity contribution is 0.226. The Balaban J connectivity index is 2.26. The molecule has 15 heavy (non-hydrogen) atoms. The lowest BCUT2D eigenvalue weighted by Gasteiger charge is -2.37. The molecule has 1 unspecified atom stereocenters. The molecule has 1 saturated carbocycles. The summed E-state index contributed by atoms with van der Waals surface area (Å²) < 4.78 is 0. The van der Waals surface area contributed by atoms with Crippen LogP contribution in [0.15, 0.2) is 0 Å². The van der Waals surface area contributed by atoms with Crippen LogP contribution in [-0.2, 0) is 0 Å². The van der Waals surface area contributed by atoms with Crippen LogP contribution >= 0.6 is 0 Å². The maximum atomic E-state index is 3.60. The lowest BCUT2D eigenvalue weighted by atomic mass is 9.79. The SMILES string of the molecule is CCC(C)NCCC1(NC)CCCCC1. The van der Waals surface area contributed by atoms with Gasteiger partial charge in [0.1, 0.15) is 0 Å². The van der Waals surface area contributed by atoms with Gasteiger partial charge in [0.2, 0.25) is 0 Å². The average molecular weight is 212 g/mol. The van der Waals surface area contributed by atoms with Crippen molar-refractivity contribution in [3.63, 3.8) is 0 Å². The van der Waals surface area contributed by atoms with Crippen LogP contribution in [0.2, 0.25) is 0 Å². The number of hydrogen-bond donors (Lipinski definition) is 2. The summed E-state index contributed by atoms with van der Waals surface area (Å²) in [6.07, 6.45) is 9.49. The summed E-state index contributed by atoms with van der Waals surface area (Å²) in [6.45, 7) is 5.68.